The zero-order valence-electron chi connectivity index (χ0n) is 20.0. The first-order valence-electron chi connectivity index (χ1n) is 11.9. The van der Waals surface area contributed by atoms with Gasteiger partial charge in [0, 0.05) is 49.7 Å². The predicted octanol–water partition coefficient (Wildman–Crippen LogP) is 3.78. The van der Waals surface area contributed by atoms with Crippen LogP contribution in [0.1, 0.15) is 31.8 Å². The van der Waals surface area contributed by atoms with Crippen LogP contribution in [0.4, 0.5) is 8.78 Å². The lowest BCUT2D eigenvalue weighted by Gasteiger charge is -2.32. The van der Waals surface area contributed by atoms with Crippen LogP contribution in [0.25, 0.3) is 10.9 Å². The number of alkyl halides is 2. The Hall–Kier alpha value is -3.83. The lowest BCUT2D eigenvalue weighted by molar-refractivity contribution is 0.0293. The Balaban J connectivity index is 1.33. The van der Waals surface area contributed by atoms with E-state index in [9.17, 15) is 4.79 Å². The van der Waals surface area contributed by atoms with Crippen molar-refractivity contribution in [2.75, 3.05) is 33.2 Å². The summed E-state index contributed by atoms with van der Waals surface area (Å²) >= 11 is 1.30. The molecular formula is C26H23F2N7OS. The maximum atomic E-state index is 15.8. The van der Waals surface area contributed by atoms with Crippen LogP contribution in [-0.2, 0) is 12.3 Å². The summed E-state index contributed by atoms with van der Waals surface area (Å²) in [6, 6.07) is 11.4. The second-order valence-corrected chi connectivity index (χ2v) is 10.2. The fraction of sp³-hybridized carbons (Fsp3) is 0.269. The van der Waals surface area contributed by atoms with Gasteiger partial charge in [0.25, 0.3) is 5.91 Å². The third-order valence-electron chi connectivity index (χ3n) is 6.60. The van der Waals surface area contributed by atoms with Crippen molar-refractivity contribution >= 4 is 33.9 Å². The van der Waals surface area contributed by atoms with E-state index in [2.05, 4.69) is 25.2 Å². The zero-order valence-corrected chi connectivity index (χ0v) is 20.8. The van der Waals surface area contributed by atoms with E-state index in [0.29, 0.717) is 51.7 Å². The molecule has 1 amide bonds. The molecule has 0 bridgehead atoms. The van der Waals surface area contributed by atoms with Crippen molar-refractivity contribution in [1.29, 1.82) is 0 Å². The number of allylic oxidation sites excluding steroid dienone is 2. The monoisotopic (exact) mass is 519 g/mol. The van der Waals surface area contributed by atoms with Crippen molar-refractivity contribution in [2.45, 2.75) is 12.3 Å². The average molecular weight is 520 g/mol. The standard InChI is InChI=1S/C26H23F2N7OS/c1-33-12-14-34(15-13-33)24(36)22-10-9-21(37-22)20-5-2-6-23-30-31-25(35(23)32-20)26(27,28)18-7-8-19-17(16-18)4-3-11-29-19/h2-5,7-11,16H,6,12-15H2,1H3. The molecule has 0 spiro atoms. The molecule has 37 heavy (non-hydrogen) atoms. The number of amides is 1. The Morgan fingerprint density at radius 1 is 1.05 bits per heavy atom. The highest BCUT2D eigenvalue weighted by Crippen LogP contribution is 2.36. The molecule has 0 atom stereocenters. The Labute approximate surface area is 215 Å². The summed E-state index contributed by atoms with van der Waals surface area (Å²) in [5.74, 6) is -3.71. The first kappa shape index (κ1) is 23.6. The molecule has 0 aliphatic carbocycles. The van der Waals surface area contributed by atoms with Crippen molar-refractivity contribution in [3.8, 4) is 0 Å². The minimum Gasteiger partial charge on any atom is -0.335 e. The van der Waals surface area contributed by atoms with Crippen molar-refractivity contribution in [2.24, 2.45) is 5.10 Å². The maximum Gasteiger partial charge on any atom is 0.333 e. The highest BCUT2D eigenvalue weighted by molar-refractivity contribution is 7.16. The number of thiophene rings is 1. The summed E-state index contributed by atoms with van der Waals surface area (Å²) in [5, 5.41) is 13.0. The zero-order chi connectivity index (χ0) is 25.6. The van der Waals surface area contributed by atoms with E-state index >= 15 is 8.78 Å². The quantitative estimate of drug-likeness (QED) is 0.410. The van der Waals surface area contributed by atoms with Crippen LogP contribution in [0.2, 0.25) is 0 Å². The van der Waals surface area contributed by atoms with Gasteiger partial charge >= 0.3 is 5.92 Å². The van der Waals surface area contributed by atoms with Gasteiger partial charge in [-0.15, -0.1) is 21.5 Å². The van der Waals surface area contributed by atoms with E-state index in [4.69, 9.17) is 0 Å². The molecule has 0 saturated carbocycles. The number of halogens is 2. The number of fused-ring (bicyclic) bond motifs is 2. The Morgan fingerprint density at radius 3 is 2.73 bits per heavy atom. The minimum absolute atomic E-state index is 0.0226. The van der Waals surface area contributed by atoms with E-state index < -0.39 is 11.7 Å². The van der Waals surface area contributed by atoms with Gasteiger partial charge in [0.15, 0.2) is 5.82 Å². The first-order chi connectivity index (χ1) is 17.9. The number of piperazine rings is 1. The van der Waals surface area contributed by atoms with Gasteiger partial charge < -0.3 is 9.80 Å². The molecule has 2 aliphatic heterocycles. The Bertz CT molecular complexity index is 1550. The van der Waals surface area contributed by atoms with Crippen molar-refractivity contribution in [1.82, 2.24) is 29.7 Å². The van der Waals surface area contributed by atoms with Crippen LogP contribution in [0.3, 0.4) is 0 Å². The van der Waals surface area contributed by atoms with E-state index in [0.717, 1.165) is 17.8 Å². The van der Waals surface area contributed by atoms with Crippen LogP contribution in [0.15, 0.2) is 65.9 Å². The number of pyridine rings is 1. The molecule has 8 nitrogen and oxygen atoms in total. The van der Waals surface area contributed by atoms with Crippen LogP contribution in [0, 0.1) is 0 Å². The number of aromatic nitrogens is 4. The molecule has 2 aliphatic rings. The van der Waals surface area contributed by atoms with Crippen molar-refractivity contribution in [3.05, 3.63) is 87.8 Å². The molecule has 0 N–H and O–H groups in total. The second kappa shape index (κ2) is 9.24. The smallest absolute Gasteiger partial charge is 0.333 e. The summed E-state index contributed by atoms with van der Waals surface area (Å²) in [5.41, 5.74) is 0.889. The van der Waals surface area contributed by atoms with Crippen LogP contribution in [0.5, 0.6) is 0 Å². The molecule has 0 radical (unpaired) electrons. The van der Waals surface area contributed by atoms with Gasteiger partial charge in [-0.2, -0.15) is 18.6 Å². The maximum absolute atomic E-state index is 15.8. The van der Waals surface area contributed by atoms with Gasteiger partial charge in [-0.1, -0.05) is 18.2 Å². The summed E-state index contributed by atoms with van der Waals surface area (Å²) in [6.07, 6.45) is 5.51. The third kappa shape index (κ3) is 4.34. The molecule has 1 fully saturated rings. The molecule has 0 unspecified atom stereocenters. The minimum atomic E-state index is -3.44. The summed E-state index contributed by atoms with van der Waals surface area (Å²) in [7, 11) is 2.04. The van der Waals surface area contributed by atoms with E-state index in [-0.39, 0.29) is 11.5 Å². The van der Waals surface area contributed by atoms with Gasteiger partial charge in [0.1, 0.15) is 5.71 Å². The largest absolute Gasteiger partial charge is 0.335 e. The van der Waals surface area contributed by atoms with E-state index in [1.807, 2.05) is 18.0 Å². The van der Waals surface area contributed by atoms with E-state index in [1.165, 1.54) is 23.5 Å². The number of rotatable bonds is 4. The lowest BCUT2D eigenvalue weighted by atomic mass is 10.0. The molecule has 6 rings (SSSR count). The van der Waals surface area contributed by atoms with Crippen molar-refractivity contribution < 1.29 is 13.6 Å². The molecule has 11 heteroatoms. The van der Waals surface area contributed by atoms with Gasteiger partial charge in [0.2, 0.25) is 5.82 Å². The number of carbonyl (C=O) groups is 1. The number of nitrogens with zero attached hydrogens (tertiary/aromatic N) is 7. The molecule has 5 heterocycles. The number of hydrogen-bond donors (Lipinski definition) is 0. The summed E-state index contributed by atoms with van der Waals surface area (Å²) < 4.78 is 32.6. The highest BCUT2D eigenvalue weighted by Gasteiger charge is 2.41. The molecule has 188 valence electrons. The second-order valence-electron chi connectivity index (χ2n) is 9.09. The molecule has 1 aromatic carbocycles. The molecule has 4 aromatic rings. The highest BCUT2D eigenvalue weighted by atomic mass is 32.1. The SMILES string of the molecule is CN1CCN(C(=O)c2ccc(C3=Nn4c(nnc4C(F)(F)c4ccc5ncccc5c4)CC=C3)s2)CC1. The predicted molar refractivity (Wildman–Crippen MR) is 137 cm³/mol. The molecule has 3 aromatic heterocycles. The summed E-state index contributed by atoms with van der Waals surface area (Å²) in [4.78, 5) is 22.5. The number of benzene rings is 1. The fourth-order valence-electron chi connectivity index (χ4n) is 4.44. The number of carbonyl (C=O) groups excluding carboxylic acids is 1. The number of hydrogen-bond acceptors (Lipinski definition) is 7. The first-order valence-corrected chi connectivity index (χ1v) is 12.7. The van der Waals surface area contributed by atoms with E-state index in [1.54, 1.807) is 42.6 Å². The normalized spacial score (nSPS) is 16.5. The van der Waals surface area contributed by atoms with Crippen molar-refractivity contribution in [3.63, 3.8) is 0 Å². The third-order valence-corrected chi connectivity index (χ3v) is 7.69. The summed E-state index contributed by atoms with van der Waals surface area (Å²) in [6.45, 7) is 3.02. The Morgan fingerprint density at radius 2 is 1.89 bits per heavy atom. The Kier molecular flexibility index (Phi) is 5.88. The van der Waals surface area contributed by atoms with Gasteiger partial charge in [-0.25, -0.2) is 0 Å². The van der Waals surface area contributed by atoms with Crippen LogP contribution in [-0.4, -0.2) is 74.5 Å². The lowest BCUT2D eigenvalue weighted by Crippen LogP contribution is -2.46. The molecule has 1 saturated heterocycles. The van der Waals surface area contributed by atoms with Gasteiger partial charge in [-0.05, 0) is 43.5 Å². The number of likely N-dealkylation sites (N-methyl/N-ethyl adjacent to an activating group) is 1. The average Bonchev–Trinajstić information content (AvgIpc) is 3.51. The van der Waals surface area contributed by atoms with Gasteiger partial charge in [0.05, 0.1) is 15.3 Å². The fourth-order valence-corrected chi connectivity index (χ4v) is 5.38. The van der Waals surface area contributed by atoms with Crippen LogP contribution >= 0.6 is 11.3 Å². The van der Waals surface area contributed by atoms with Gasteiger partial charge in [-0.3, -0.25) is 9.78 Å². The molecular weight excluding hydrogens is 496 g/mol. The topological polar surface area (TPSA) is 79.5 Å². The van der Waals surface area contributed by atoms with Crippen LogP contribution < -0.4 is 0 Å².